The Morgan fingerprint density at radius 1 is 1.37 bits per heavy atom. The number of aromatic nitrogens is 3. The van der Waals surface area contributed by atoms with Crippen molar-refractivity contribution in [2.75, 3.05) is 26.5 Å². The number of nitrogens with zero attached hydrogens (tertiary/aromatic N) is 3. The van der Waals surface area contributed by atoms with E-state index in [1.165, 1.54) is 31.5 Å². The molecule has 1 aromatic heterocycles. The number of ether oxygens (including phenoxy) is 1. The summed E-state index contributed by atoms with van der Waals surface area (Å²) in [5.74, 6) is 2.89. The van der Waals surface area contributed by atoms with E-state index < -0.39 is 0 Å². The lowest BCUT2D eigenvalue weighted by Crippen LogP contribution is -2.32. The van der Waals surface area contributed by atoms with E-state index >= 15 is 0 Å². The molecule has 0 aliphatic heterocycles. The molecule has 2 aliphatic rings. The molecular formula is C13H22N4OS. The zero-order valence-corrected chi connectivity index (χ0v) is 12.4. The fraction of sp³-hybridized carbons (Fsp3) is 0.846. The molecule has 0 amide bonds. The van der Waals surface area contributed by atoms with Crippen LogP contribution in [-0.2, 0) is 4.74 Å². The molecule has 0 bridgehead atoms. The monoisotopic (exact) mass is 282 g/mol. The second kappa shape index (κ2) is 5.81. The number of likely N-dealkylation sites (N-methyl/N-ethyl adjacent to an activating group) is 1. The maximum atomic E-state index is 5.21. The van der Waals surface area contributed by atoms with Crippen molar-refractivity contribution in [2.24, 2.45) is 0 Å². The second-order valence-electron chi connectivity index (χ2n) is 5.47. The minimum absolute atomic E-state index is 0.365. The van der Waals surface area contributed by atoms with Crippen LogP contribution in [0.4, 0.5) is 0 Å². The first-order valence-electron chi connectivity index (χ1n) is 7.07. The van der Waals surface area contributed by atoms with Crippen LogP contribution in [0.5, 0.6) is 0 Å². The van der Waals surface area contributed by atoms with Gasteiger partial charge in [-0.05, 0) is 32.7 Å². The molecule has 3 rings (SSSR count). The summed E-state index contributed by atoms with van der Waals surface area (Å²) < 4.78 is 7.61. The summed E-state index contributed by atoms with van der Waals surface area (Å²) in [4.78, 5) is 0. The lowest BCUT2D eigenvalue weighted by molar-refractivity contribution is 0.177. The summed E-state index contributed by atoms with van der Waals surface area (Å²) in [7, 11) is 3.72. The molecular weight excluding hydrogens is 260 g/mol. The van der Waals surface area contributed by atoms with Crippen LogP contribution in [0.25, 0.3) is 0 Å². The number of hydrogen-bond donors (Lipinski definition) is 1. The first-order chi connectivity index (χ1) is 9.33. The minimum atomic E-state index is 0.365. The lowest BCUT2D eigenvalue weighted by atomic mass is 10.4. The van der Waals surface area contributed by atoms with E-state index in [1.807, 2.05) is 7.05 Å². The van der Waals surface area contributed by atoms with Gasteiger partial charge in [0.15, 0.2) is 5.16 Å². The van der Waals surface area contributed by atoms with Crippen molar-refractivity contribution < 1.29 is 4.74 Å². The van der Waals surface area contributed by atoms with Crippen molar-refractivity contribution in [2.45, 2.75) is 48.8 Å². The van der Waals surface area contributed by atoms with Gasteiger partial charge in [0.05, 0.1) is 6.61 Å². The predicted molar refractivity (Wildman–Crippen MR) is 75.7 cm³/mol. The van der Waals surface area contributed by atoms with Gasteiger partial charge in [0.25, 0.3) is 0 Å². The average Bonchev–Trinajstić information content (AvgIpc) is 3.33. The molecule has 5 nitrogen and oxygen atoms in total. The highest BCUT2D eigenvalue weighted by Crippen LogP contribution is 2.45. The Morgan fingerprint density at radius 2 is 2.16 bits per heavy atom. The van der Waals surface area contributed by atoms with Gasteiger partial charge in [0.1, 0.15) is 5.82 Å². The number of methoxy groups -OCH3 is 1. The summed E-state index contributed by atoms with van der Waals surface area (Å²) in [5, 5.41) is 13.2. The molecule has 106 valence electrons. The standard InChI is InChI=1S/C13H22N4OS/c1-14-10(7-18-2)8-19-13-16-15-12(9-3-4-9)17(13)11-5-6-11/h9-11,14H,3-8H2,1-2H3. The van der Waals surface area contributed by atoms with E-state index in [9.17, 15) is 0 Å². The Morgan fingerprint density at radius 3 is 2.74 bits per heavy atom. The summed E-state index contributed by atoms with van der Waals surface area (Å²) in [5.41, 5.74) is 0. The highest BCUT2D eigenvalue weighted by molar-refractivity contribution is 7.99. The number of rotatable bonds is 8. The van der Waals surface area contributed by atoms with Gasteiger partial charge < -0.3 is 14.6 Å². The van der Waals surface area contributed by atoms with E-state index in [0.29, 0.717) is 18.0 Å². The van der Waals surface area contributed by atoms with Crippen molar-refractivity contribution in [1.29, 1.82) is 0 Å². The van der Waals surface area contributed by atoms with E-state index in [0.717, 1.165) is 17.5 Å². The van der Waals surface area contributed by atoms with Crippen LogP contribution >= 0.6 is 11.8 Å². The van der Waals surface area contributed by atoms with E-state index in [1.54, 1.807) is 18.9 Å². The fourth-order valence-corrected chi connectivity index (χ4v) is 3.37. The molecule has 2 fully saturated rings. The van der Waals surface area contributed by atoms with Gasteiger partial charge in [-0.1, -0.05) is 11.8 Å². The molecule has 2 aliphatic carbocycles. The van der Waals surface area contributed by atoms with Crippen LogP contribution in [0.3, 0.4) is 0 Å². The topological polar surface area (TPSA) is 52.0 Å². The third-order valence-electron chi connectivity index (χ3n) is 3.74. The van der Waals surface area contributed by atoms with E-state index in [4.69, 9.17) is 4.74 Å². The molecule has 0 spiro atoms. The van der Waals surface area contributed by atoms with Crippen LogP contribution in [0, 0.1) is 0 Å². The largest absolute Gasteiger partial charge is 0.383 e. The minimum Gasteiger partial charge on any atom is -0.383 e. The number of hydrogen-bond acceptors (Lipinski definition) is 5. The van der Waals surface area contributed by atoms with E-state index in [2.05, 4.69) is 20.1 Å². The van der Waals surface area contributed by atoms with Crippen molar-refractivity contribution in [3.8, 4) is 0 Å². The normalized spacial score (nSPS) is 20.7. The highest BCUT2D eigenvalue weighted by atomic mass is 32.2. The fourth-order valence-electron chi connectivity index (χ4n) is 2.27. The maximum absolute atomic E-state index is 5.21. The molecule has 1 aromatic rings. The zero-order valence-electron chi connectivity index (χ0n) is 11.6. The molecule has 19 heavy (non-hydrogen) atoms. The first-order valence-corrected chi connectivity index (χ1v) is 8.05. The molecule has 6 heteroatoms. The van der Waals surface area contributed by atoms with Gasteiger partial charge in [0, 0.05) is 30.9 Å². The smallest absolute Gasteiger partial charge is 0.191 e. The van der Waals surface area contributed by atoms with Crippen LogP contribution in [-0.4, -0.2) is 47.3 Å². The zero-order chi connectivity index (χ0) is 13.2. The SMILES string of the molecule is CNC(COC)CSc1nnc(C2CC2)n1C1CC1. The average molecular weight is 282 g/mol. The predicted octanol–water partition coefficient (Wildman–Crippen LogP) is 1.82. The Labute approximate surface area is 118 Å². The maximum Gasteiger partial charge on any atom is 0.191 e. The quantitative estimate of drug-likeness (QED) is 0.737. The van der Waals surface area contributed by atoms with Gasteiger partial charge >= 0.3 is 0 Å². The van der Waals surface area contributed by atoms with Crippen molar-refractivity contribution in [3.05, 3.63) is 5.82 Å². The third-order valence-corrected chi connectivity index (χ3v) is 4.84. The summed E-state index contributed by atoms with van der Waals surface area (Å²) >= 11 is 1.80. The molecule has 1 atom stereocenters. The molecule has 0 saturated heterocycles. The lowest BCUT2D eigenvalue weighted by Gasteiger charge is -2.14. The summed E-state index contributed by atoms with van der Waals surface area (Å²) in [6.07, 6.45) is 5.16. The molecule has 1 heterocycles. The van der Waals surface area contributed by atoms with Crippen LogP contribution < -0.4 is 5.32 Å². The van der Waals surface area contributed by atoms with Crippen molar-refractivity contribution in [3.63, 3.8) is 0 Å². The summed E-state index contributed by atoms with van der Waals surface area (Å²) in [6, 6.07) is 1.03. The number of nitrogens with one attached hydrogen (secondary N) is 1. The first kappa shape index (κ1) is 13.4. The second-order valence-corrected chi connectivity index (χ2v) is 6.46. The van der Waals surface area contributed by atoms with Gasteiger partial charge in [-0.15, -0.1) is 10.2 Å². The Bertz CT molecular complexity index is 428. The molecule has 0 aromatic carbocycles. The molecule has 1 unspecified atom stereocenters. The van der Waals surface area contributed by atoms with Crippen LogP contribution in [0.2, 0.25) is 0 Å². The molecule has 0 radical (unpaired) electrons. The highest BCUT2D eigenvalue weighted by Gasteiger charge is 2.36. The van der Waals surface area contributed by atoms with Gasteiger partial charge in [-0.25, -0.2) is 0 Å². The van der Waals surface area contributed by atoms with Gasteiger partial charge in [0.2, 0.25) is 0 Å². The van der Waals surface area contributed by atoms with Crippen LogP contribution in [0.1, 0.15) is 43.5 Å². The van der Waals surface area contributed by atoms with E-state index in [-0.39, 0.29) is 0 Å². The Kier molecular flexibility index (Phi) is 4.10. The van der Waals surface area contributed by atoms with Gasteiger partial charge in [-0.3, -0.25) is 0 Å². The number of thioether (sulfide) groups is 1. The third kappa shape index (κ3) is 3.12. The van der Waals surface area contributed by atoms with Crippen molar-refractivity contribution in [1.82, 2.24) is 20.1 Å². The van der Waals surface area contributed by atoms with Crippen LogP contribution in [0.15, 0.2) is 5.16 Å². The Balaban J connectivity index is 1.66. The summed E-state index contributed by atoms with van der Waals surface area (Å²) in [6.45, 7) is 0.733. The van der Waals surface area contributed by atoms with Crippen molar-refractivity contribution >= 4 is 11.8 Å². The Hall–Kier alpha value is -0.590. The van der Waals surface area contributed by atoms with Gasteiger partial charge in [-0.2, -0.15) is 0 Å². The molecule has 2 saturated carbocycles. The molecule has 1 N–H and O–H groups in total.